The third-order valence-corrected chi connectivity index (χ3v) is 6.37. The number of benzene rings is 1. The Labute approximate surface area is 121 Å². The molecule has 0 spiro atoms. The van der Waals surface area contributed by atoms with Crippen molar-refractivity contribution in [2.75, 3.05) is 7.05 Å². The van der Waals surface area contributed by atoms with Crippen LogP contribution in [0.25, 0.3) is 0 Å². The van der Waals surface area contributed by atoms with Crippen LogP contribution in [0.1, 0.15) is 43.2 Å². The summed E-state index contributed by atoms with van der Waals surface area (Å²) in [6.07, 6.45) is 5.27. The molecule has 0 amide bonds. The molecule has 0 aromatic heterocycles. The van der Waals surface area contributed by atoms with Gasteiger partial charge in [0.1, 0.15) is 0 Å². The monoisotopic (exact) mass is 297 g/mol. The Bertz CT molecular complexity index is 562. The van der Waals surface area contributed by atoms with Crippen LogP contribution in [0.3, 0.4) is 0 Å². The van der Waals surface area contributed by atoms with Crippen molar-refractivity contribution < 1.29 is 13.5 Å². The fourth-order valence-electron chi connectivity index (χ4n) is 2.91. The van der Waals surface area contributed by atoms with Crippen LogP contribution < -0.4 is 0 Å². The average Bonchev–Trinajstić information content (AvgIpc) is 2.47. The molecule has 20 heavy (non-hydrogen) atoms. The quantitative estimate of drug-likeness (QED) is 0.928. The Hall–Kier alpha value is -0.910. The lowest BCUT2D eigenvalue weighted by atomic mass is 9.96. The molecule has 1 N–H and O–H groups in total. The highest BCUT2D eigenvalue weighted by atomic mass is 32.2. The van der Waals surface area contributed by atoms with E-state index in [-0.39, 0.29) is 12.6 Å². The molecule has 2 rings (SSSR count). The van der Waals surface area contributed by atoms with Gasteiger partial charge in [-0.3, -0.25) is 0 Å². The third-order valence-electron chi connectivity index (χ3n) is 4.31. The van der Waals surface area contributed by atoms with E-state index in [4.69, 9.17) is 0 Å². The molecular weight excluding hydrogens is 274 g/mol. The van der Waals surface area contributed by atoms with Gasteiger partial charge in [0.15, 0.2) is 0 Å². The van der Waals surface area contributed by atoms with Crippen LogP contribution in [0.15, 0.2) is 23.1 Å². The van der Waals surface area contributed by atoms with E-state index >= 15 is 0 Å². The zero-order chi connectivity index (χ0) is 14.8. The molecule has 1 fully saturated rings. The van der Waals surface area contributed by atoms with E-state index in [1.54, 1.807) is 32.2 Å². The molecule has 0 unspecified atom stereocenters. The molecule has 1 aromatic carbocycles. The molecule has 0 heterocycles. The predicted molar refractivity (Wildman–Crippen MR) is 78.9 cm³/mol. The molecule has 0 bridgehead atoms. The number of nitrogens with zero attached hydrogens (tertiary/aromatic N) is 1. The molecule has 0 atom stereocenters. The molecule has 112 valence electrons. The third kappa shape index (κ3) is 2.90. The zero-order valence-corrected chi connectivity index (χ0v) is 13.0. The Balaban J connectivity index is 2.34. The molecule has 4 nitrogen and oxygen atoms in total. The van der Waals surface area contributed by atoms with Crippen LogP contribution in [-0.2, 0) is 16.6 Å². The Morgan fingerprint density at radius 2 is 1.90 bits per heavy atom. The summed E-state index contributed by atoms with van der Waals surface area (Å²) < 4.78 is 27.1. The topological polar surface area (TPSA) is 57.6 Å². The molecule has 5 heteroatoms. The van der Waals surface area contributed by atoms with Crippen molar-refractivity contribution in [1.82, 2.24) is 4.31 Å². The average molecular weight is 297 g/mol. The van der Waals surface area contributed by atoms with Gasteiger partial charge in [0.2, 0.25) is 10.0 Å². The van der Waals surface area contributed by atoms with E-state index in [2.05, 4.69) is 0 Å². The van der Waals surface area contributed by atoms with Crippen LogP contribution in [0, 0.1) is 6.92 Å². The Morgan fingerprint density at radius 1 is 1.25 bits per heavy atom. The SMILES string of the molecule is Cc1c(CO)cccc1S(=O)(=O)N(C)C1CCCCC1. The van der Waals surface area contributed by atoms with Crippen molar-refractivity contribution in [3.63, 3.8) is 0 Å². The lowest BCUT2D eigenvalue weighted by molar-refractivity contribution is 0.279. The maximum absolute atomic E-state index is 12.8. The highest BCUT2D eigenvalue weighted by molar-refractivity contribution is 7.89. The highest BCUT2D eigenvalue weighted by Crippen LogP contribution is 2.28. The minimum absolute atomic E-state index is 0.103. The van der Waals surface area contributed by atoms with Crippen molar-refractivity contribution in [2.45, 2.75) is 56.6 Å². The summed E-state index contributed by atoms with van der Waals surface area (Å²) in [5.41, 5.74) is 1.32. The molecule has 0 radical (unpaired) electrons. The second-order valence-electron chi connectivity index (χ2n) is 5.51. The van der Waals surface area contributed by atoms with Gasteiger partial charge in [-0.25, -0.2) is 8.42 Å². The summed E-state index contributed by atoms with van der Waals surface area (Å²) >= 11 is 0. The van der Waals surface area contributed by atoms with Crippen LogP contribution in [0.2, 0.25) is 0 Å². The summed E-state index contributed by atoms with van der Waals surface area (Å²) in [4.78, 5) is 0.317. The van der Waals surface area contributed by atoms with Crippen molar-refractivity contribution in [3.8, 4) is 0 Å². The smallest absolute Gasteiger partial charge is 0.243 e. The van der Waals surface area contributed by atoms with Gasteiger partial charge in [-0.15, -0.1) is 0 Å². The predicted octanol–water partition coefficient (Wildman–Crippen LogP) is 2.44. The maximum Gasteiger partial charge on any atom is 0.243 e. The Morgan fingerprint density at radius 3 is 2.50 bits per heavy atom. The van der Waals surface area contributed by atoms with E-state index in [0.717, 1.165) is 25.7 Å². The van der Waals surface area contributed by atoms with Crippen molar-refractivity contribution >= 4 is 10.0 Å². The van der Waals surface area contributed by atoms with Gasteiger partial charge in [-0.05, 0) is 37.0 Å². The van der Waals surface area contributed by atoms with Crippen molar-refractivity contribution in [1.29, 1.82) is 0 Å². The molecule has 0 aliphatic heterocycles. The summed E-state index contributed by atoms with van der Waals surface area (Å²) in [7, 11) is -1.80. The number of hydrogen-bond acceptors (Lipinski definition) is 3. The van der Waals surface area contributed by atoms with Crippen LogP contribution in [0.4, 0.5) is 0 Å². The fraction of sp³-hybridized carbons (Fsp3) is 0.600. The van der Waals surface area contributed by atoms with Crippen molar-refractivity contribution in [2.24, 2.45) is 0 Å². The van der Waals surface area contributed by atoms with Gasteiger partial charge in [-0.2, -0.15) is 4.31 Å². The largest absolute Gasteiger partial charge is 0.392 e. The molecule has 1 saturated carbocycles. The van der Waals surface area contributed by atoms with Crippen molar-refractivity contribution in [3.05, 3.63) is 29.3 Å². The van der Waals surface area contributed by atoms with Gasteiger partial charge in [0.25, 0.3) is 0 Å². The number of aliphatic hydroxyl groups is 1. The first-order valence-electron chi connectivity index (χ1n) is 7.16. The molecule has 1 aliphatic carbocycles. The molecule has 1 aliphatic rings. The second-order valence-corrected chi connectivity index (χ2v) is 7.48. The van der Waals surface area contributed by atoms with Gasteiger partial charge in [0.05, 0.1) is 11.5 Å². The van der Waals surface area contributed by atoms with Gasteiger partial charge >= 0.3 is 0 Å². The minimum Gasteiger partial charge on any atom is -0.392 e. The molecular formula is C15H23NO3S. The van der Waals surface area contributed by atoms with Crippen LogP contribution >= 0.6 is 0 Å². The van der Waals surface area contributed by atoms with Crippen LogP contribution in [0.5, 0.6) is 0 Å². The normalized spacial score (nSPS) is 17.6. The van der Waals surface area contributed by atoms with Gasteiger partial charge < -0.3 is 5.11 Å². The fourth-order valence-corrected chi connectivity index (χ4v) is 4.59. The Kier molecular flexibility index (Phi) is 4.83. The van der Waals surface area contributed by atoms with Crippen LogP contribution in [-0.4, -0.2) is 30.9 Å². The van der Waals surface area contributed by atoms with E-state index in [9.17, 15) is 13.5 Å². The molecule has 0 saturated heterocycles. The molecule has 1 aromatic rings. The van der Waals surface area contributed by atoms with Gasteiger partial charge in [-0.1, -0.05) is 31.4 Å². The van der Waals surface area contributed by atoms with E-state index < -0.39 is 10.0 Å². The minimum atomic E-state index is -3.48. The second kappa shape index (κ2) is 6.24. The van der Waals surface area contributed by atoms with E-state index in [0.29, 0.717) is 16.0 Å². The van der Waals surface area contributed by atoms with E-state index in [1.807, 2.05) is 0 Å². The first-order chi connectivity index (χ1) is 9.48. The lowest BCUT2D eigenvalue weighted by Crippen LogP contribution is -2.38. The van der Waals surface area contributed by atoms with E-state index in [1.165, 1.54) is 10.7 Å². The summed E-state index contributed by atoms with van der Waals surface area (Å²) in [6.45, 7) is 1.62. The highest BCUT2D eigenvalue weighted by Gasteiger charge is 2.30. The number of sulfonamides is 1. The number of hydrogen-bond donors (Lipinski definition) is 1. The summed E-state index contributed by atoms with van der Waals surface area (Å²) in [6, 6.07) is 5.18. The van der Waals surface area contributed by atoms with Gasteiger partial charge in [0, 0.05) is 13.1 Å². The number of aliphatic hydroxyl groups excluding tert-OH is 1. The first-order valence-corrected chi connectivity index (χ1v) is 8.60. The first kappa shape index (κ1) is 15.5. The number of rotatable bonds is 4. The summed E-state index contributed by atoms with van der Waals surface area (Å²) in [5, 5.41) is 9.29. The standard InChI is InChI=1S/C15H23NO3S/c1-12-13(11-17)7-6-10-15(12)20(18,19)16(2)14-8-4-3-5-9-14/h6-7,10,14,17H,3-5,8-9,11H2,1-2H3. The maximum atomic E-state index is 12.8. The zero-order valence-electron chi connectivity index (χ0n) is 12.2. The summed E-state index contributed by atoms with van der Waals surface area (Å²) in [5.74, 6) is 0. The lowest BCUT2D eigenvalue weighted by Gasteiger charge is -2.31.